The minimum atomic E-state index is -2.42. The van der Waals surface area contributed by atoms with Crippen molar-refractivity contribution in [1.82, 2.24) is 0 Å². The van der Waals surface area contributed by atoms with Gasteiger partial charge in [-0.3, -0.25) is 0 Å². The summed E-state index contributed by atoms with van der Waals surface area (Å²) in [7, 11) is 0. The first-order valence-corrected chi connectivity index (χ1v) is 4.45. The van der Waals surface area contributed by atoms with Crippen molar-refractivity contribution in [2.75, 3.05) is 0 Å². The molecule has 0 saturated heterocycles. The highest BCUT2D eigenvalue weighted by Gasteiger charge is 2.49. The second-order valence-corrected chi connectivity index (χ2v) is 4.24. The fourth-order valence-electron chi connectivity index (χ4n) is 2.87. The van der Waals surface area contributed by atoms with Crippen LogP contribution in [0.2, 0.25) is 0 Å². The molecule has 0 N–H and O–H groups in total. The third kappa shape index (κ3) is 1.17. The predicted molar refractivity (Wildman–Crippen MR) is 39.6 cm³/mol. The first-order valence-electron chi connectivity index (χ1n) is 4.45. The standard InChI is InChI=1S/C9H14F2/c1-9(10,11)8-5-6-2-3-7(8)4-6/h6-8H,2-5H2,1H3. The second-order valence-electron chi connectivity index (χ2n) is 4.24. The molecule has 3 atom stereocenters. The molecular weight excluding hydrogens is 146 g/mol. The number of rotatable bonds is 1. The molecule has 0 heterocycles. The summed E-state index contributed by atoms with van der Waals surface area (Å²) in [6.45, 7) is 1.08. The molecule has 3 unspecified atom stereocenters. The van der Waals surface area contributed by atoms with E-state index in [2.05, 4.69) is 0 Å². The maximum absolute atomic E-state index is 12.9. The average Bonchev–Trinajstić information content (AvgIpc) is 2.42. The molecule has 0 aromatic carbocycles. The van der Waals surface area contributed by atoms with Gasteiger partial charge in [0.05, 0.1) is 0 Å². The fourth-order valence-corrected chi connectivity index (χ4v) is 2.87. The van der Waals surface area contributed by atoms with Gasteiger partial charge in [0.25, 0.3) is 0 Å². The average molecular weight is 160 g/mol. The minimum Gasteiger partial charge on any atom is -0.207 e. The van der Waals surface area contributed by atoms with Crippen LogP contribution in [0.3, 0.4) is 0 Å². The number of hydrogen-bond acceptors (Lipinski definition) is 0. The topological polar surface area (TPSA) is 0 Å². The van der Waals surface area contributed by atoms with Crippen LogP contribution in [0.5, 0.6) is 0 Å². The first kappa shape index (κ1) is 7.51. The third-order valence-corrected chi connectivity index (χ3v) is 3.39. The molecule has 2 fully saturated rings. The Morgan fingerprint density at radius 1 is 1.18 bits per heavy atom. The number of hydrogen-bond donors (Lipinski definition) is 0. The van der Waals surface area contributed by atoms with E-state index in [0.29, 0.717) is 11.8 Å². The molecule has 2 bridgehead atoms. The van der Waals surface area contributed by atoms with Gasteiger partial charge in [0, 0.05) is 5.92 Å². The highest BCUT2D eigenvalue weighted by Crippen LogP contribution is 2.53. The molecule has 2 saturated carbocycles. The minimum absolute atomic E-state index is 0.291. The number of alkyl halides is 2. The smallest absolute Gasteiger partial charge is 0.207 e. The predicted octanol–water partition coefficient (Wildman–Crippen LogP) is 3.08. The van der Waals surface area contributed by atoms with E-state index in [1.807, 2.05) is 0 Å². The third-order valence-electron chi connectivity index (χ3n) is 3.39. The fraction of sp³-hybridized carbons (Fsp3) is 1.00. The summed E-state index contributed by atoms with van der Waals surface area (Å²) in [4.78, 5) is 0. The molecular formula is C9H14F2. The normalized spacial score (nSPS) is 43.4. The lowest BCUT2D eigenvalue weighted by Crippen LogP contribution is -2.28. The van der Waals surface area contributed by atoms with E-state index in [0.717, 1.165) is 26.2 Å². The number of fused-ring (bicyclic) bond motifs is 2. The van der Waals surface area contributed by atoms with E-state index in [4.69, 9.17) is 0 Å². The Morgan fingerprint density at radius 3 is 2.18 bits per heavy atom. The van der Waals surface area contributed by atoms with Gasteiger partial charge in [-0.15, -0.1) is 0 Å². The van der Waals surface area contributed by atoms with Gasteiger partial charge >= 0.3 is 0 Å². The molecule has 2 aliphatic rings. The van der Waals surface area contributed by atoms with E-state index in [1.54, 1.807) is 0 Å². The number of halogens is 2. The van der Waals surface area contributed by atoms with Crippen molar-refractivity contribution in [3.63, 3.8) is 0 Å². The maximum atomic E-state index is 12.9. The van der Waals surface area contributed by atoms with Gasteiger partial charge in [-0.05, 0) is 38.0 Å². The van der Waals surface area contributed by atoms with Gasteiger partial charge in [-0.2, -0.15) is 0 Å². The van der Waals surface area contributed by atoms with Crippen LogP contribution >= 0.6 is 0 Å². The molecule has 0 radical (unpaired) electrons. The Labute approximate surface area is 66.0 Å². The van der Waals surface area contributed by atoms with Gasteiger partial charge < -0.3 is 0 Å². The van der Waals surface area contributed by atoms with Crippen LogP contribution < -0.4 is 0 Å². The Hall–Kier alpha value is -0.140. The van der Waals surface area contributed by atoms with Crippen LogP contribution in [-0.4, -0.2) is 5.92 Å². The van der Waals surface area contributed by atoms with Gasteiger partial charge in [-0.1, -0.05) is 6.42 Å². The van der Waals surface area contributed by atoms with Crippen molar-refractivity contribution in [3.05, 3.63) is 0 Å². The maximum Gasteiger partial charge on any atom is 0.248 e. The summed E-state index contributed by atoms with van der Waals surface area (Å²) in [5.41, 5.74) is 0. The monoisotopic (exact) mass is 160 g/mol. The summed E-state index contributed by atoms with van der Waals surface area (Å²) in [5.74, 6) is -1.73. The van der Waals surface area contributed by atoms with Crippen molar-refractivity contribution >= 4 is 0 Å². The zero-order chi connectivity index (χ0) is 8.06. The summed E-state index contributed by atoms with van der Waals surface area (Å²) >= 11 is 0. The molecule has 0 spiro atoms. The van der Waals surface area contributed by atoms with Gasteiger partial charge in [-0.25, -0.2) is 8.78 Å². The highest BCUT2D eigenvalue weighted by atomic mass is 19.3. The van der Waals surface area contributed by atoms with E-state index in [-0.39, 0.29) is 5.92 Å². The van der Waals surface area contributed by atoms with E-state index in [1.165, 1.54) is 6.42 Å². The van der Waals surface area contributed by atoms with Crippen LogP contribution in [-0.2, 0) is 0 Å². The first-order chi connectivity index (χ1) is 5.07. The van der Waals surface area contributed by atoms with E-state index in [9.17, 15) is 8.78 Å². The van der Waals surface area contributed by atoms with Gasteiger partial charge in [0.1, 0.15) is 0 Å². The molecule has 2 rings (SSSR count). The van der Waals surface area contributed by atoms with Crippen LogP contribution in [0.4, 0.5) is 8.78 Å². The summed E-state index contributed by atoms with van der Waals surface area (Å²) < 4.78 is 25.8. The van der Waals surface area contributed by atoms with Gasteiger partial charge in [0.15, 0.2) is 0 Å². The lowest BCUT2D eigenvalue weighted by Gasteiger charge is -2.27. The molecule has 0 aromatic heterocycles. The van der Waals surface area contributed by atoms with Crippen molar-refractivity contribution in [2.24, 2.45) is 17.8 Å². The van der Waals surface area contributed by atoms with E-state index >= 15 is 0 Å². The SMILES string of the molecule is CC(F)(F)C1CC2CCC1C2. The second kappa shape index (κ2) is 2.18. The molecule has 0 amide bonds. The zero-order valence-corrected chi connectivity index (χ0v) is 6.82. The van der Waals surface area contributed by atoms with E-state index < -0.39 is 5.92 Å². The lowest BCUT2D eigenvalue weighted by atomic mass is 9.85. The van der Waals surface area contributed by atoms with Crippen molar-refractivity contribution < 1.29 is 8.78 Å². The Balaban J connectivity index is 2.08. The Morgan fingerprint density at radius 2 is 1.91 bits per heavy atom. The Bertz CT molecular complexity index is 159. The largest absolute Gasteiger partial charge is 0.248 e. The molecule has 11 heavy (non-hydrogen) atoms. The molecule has 64 valence electrons. The van der Waals surface area contributed by atoms with Crippen molar-refractivity contribution in [2.45, 2.75) is 38.5 Å². The Kier molecular flexibility index (Phi) is 1.48. The van der Waals surface area contributed by atoms with Crippen molar-refractivity contribution in [1.29, 1.82) is 0 Å². The van der Waals surface area contributed by atoms with Crippen LogP contribution in [0.25, 0.3) is 0 Å². The quantitative estimate of drug-likeness (QED) is 0.553. The van der Waals surface area contributed by atoms with Gasteiger partial charge in [0.2, 0.25) is 5.92 Å². The van der Waals surface area contributed by atoms with Crippen molar-refractivity contribution in [3.8, 4) is 0 Å². The summed E-state index contributed by atoms with van der Waals surface area (Å²) in [6.07, 6.45) is 4.12. The summed E-state index contributed by atoms with van der Waals surface area (Å²) in [6, 6.07) is 0. The zero-order valence-electron chi connectivity index (χ0n) is 6.82. The molecule has 0 aliphatic heterocycles. The molecule has 2 aliphatic carbocycles. The van der Waals surface area contributed by atoms with Crippen LogP contribution in [0.15, 0.2) is 0 Å². The molecule has 0 aromatic rings. The molecule has 0 nitrogen and oxygen atoms in total. The van der Waals surface area contributed by atoms with Crippen LogP contribution in [0.1, 0.15) is 32.6 Å². The molecule has 2 heteroatoms. The lowest BCUT2D eigenvalue weighted by molar-refractivity contribution is -0.0604. The summed E-state index contributed by atoms with van der Waals surface area (Å²) in [5, 5.41) is 0. The highest BCUT2D eigenvalue weighted by molar-refractivity contribution is 4.94. The van der Waals surface area contributed by atoms with Crippen LogP contribution in [0, 0.1) is 17.8 Å².